The van der Waals surface area contributed by atoms with Crippen molar-refractivity contribution in [2.24, 2.45) is 0 Å². The lowest BCUT2D eigenvalue weighted by molar-refractivity contribution is -0.0601. The number of hydrogen-bond donors (Lipinski definition) is 3. The highest BCUT2D eigenvalue weighted by atomic mass is 16.5. The van der Waals surface area contributed by atoms with Crippen LogP contribution < -0.4 is 22.3 Å². The molecule has 1 saturated carbocycles. The first-order valence-corrected chi connectivity index (χ1v) is 6.94. The number of nitrogen functional groups attached to an aromatic ring is 1. The third kappa shape index (κ3) is 2.58. The van der Waals surface area contributed by atoms with Crippen molar-refractivity contribution < 1.29 is 4.74 Å². The molecule has 7 heteroatoms. The zero-order valence-corrected chi connectivity index (χ0v) is 12.0. The van der Waals surface area contributed by atoms with Crippen LogP contribution in [0.5, 0.6) is 0 Å². The molecule has 0 saturated heterocycles. The molecular formula is C13H22N4O3. The Morgan fingerprint density at radius 2 is 2.15 bits per heavy atom. The van der Waals surface area contributed by atoms with E-state index >= 15 is 0 Å². The first-order chi connectivity index (χ1) is 9.53. The number of aromatic nitrogens is 2. The normalized spacial score (nSPS) is 16.7. The molecule has 4 N–H and O–H groups in total. The molecule has 1 aliphatic rings. The van der Waals surface area contributed by atoms with Crippen LogP contribution in [-0.4, -0.2) is 28.8 Å². The van der Waals surface area contributed by atoms with Crippen molar-refractivity contribution in [2.45, 2.75) is 44.8 Å². The second-order valence-corrected chi connectivity index (χ2v) is 5.27. The Bertz CT molecular complexity index is 581. The van der Waals surface area contributed by atoms with E-state index in [1.165, 1.54) is 4.57 Å². The number of hydrogen-bond acceptors (Lipinski definition) is 5. The standard InChI is InChI=1S/C13H22N4O3/c1-3-7-17-10(14)9(11(18)16-12(17)19)15-8-13(20-2)5-4-6-13/h15H,3-8,14H2,1-2H3,(H,16,18,19). The predicted octanol–water partition coefficient (Wildman–Crippen LogP) is 0.510. The van der Waals surface area contributed by atoms with Crippen LogP contribution in [0.3, 0.4) is 0 Å². The van der Waals surface area contributed by atoms with E-state index in [0.717, 1.165) is 25.7 Å². The topological polar surface area (TPSA) is 102 Å². The van der Waals surface area contributed by atoms with Crippen molar-refractivity contribution in [2.75, 3.05) is 24.7 Å². The first kappa shape index (κ1) is 14.6. The Hall–Kier alpha value is -1.76. The third-order valence-electron chi connectivity index (χ3n) is 3.97. The molecule has 7 nitrogen and oxygen atoms in total. The maximum atomic E-state index is 11.9. The van der Waals surface area contributed by atoms with Gasteiger partial charge in [0.1, 0.15) is 11.5 Å². The van der Waals surface area contributed by atoms with Gasteiger partial charge in [-0.25, -0.2) is 4.79 Å². The number of anilines is 2. The summed E-state index contributed by atoms with van der Waals surface area (Å²) in [6.45, 7) is 2.94. The van der Waals surface area contributed by atoms with Crippen LogP contribution in [0.4, 0.5) is 11.5 Å². The summed E-state index contributed by atoms with van der Waals surface area (Å²) in [6.07, 6.45) is 3.81. The minimum Gasteiger partial charge on any atom is -0.383 e. The summed E-state index contributed by atoms with van der Waals surface area (Å²) >= 11 is 0. The van der Waals surface area contributed by atoms with Gasteiger partial charge in [-0.3, -0.25) is 14.3 Å². The van der Waals surface area contributed by atoms with E-state index in [4.69, 9.17) is 10.5 Å². The lowest BCUT2D eigenvalue weighted by atomic mass is 9.80. The van der Waals surface area contributed by atoms with Gasteiger partial charge >= 0.3 is 5.69 Å². The van der Waals surface area contributed by atoms with Crippen LogP contribution in [0.1, 0.15) is 32.6 Å². The molecule has 0 amide bonds. The summed E-state index contributed by atoms with van der Waals surface area (Å²) in [7, 11) is 1.67. The molecular weight excluding hydrogens is 260 g/mol. The van der Waals surface area contributed by atoms with Gasteiger partial charge in [-0.05, 0) is 25.7 Å². The number of aromatic amines is 1. The monoisotopic (exact) mass is 282 g/mol. The summed E-state index contributed by atoms with van der Waals surface area (Å²) < 4.78 is 6.87. The quantitative estimate of drug-likeness (QED) is 0.705. The lowest BCUT2D eigenvalue weighted by Gasteiger charge is -2.40. The molecule has 0 aromatic carbocycles. The summed E-state index contributed by atoms with van der Waals surface area (Å²) in [5, 5.41) is 3.05. The molecule has 0 aliphatic heterocycles. The van der Waals surface area contributed by atoms with Crippen LogP contribution in [0, 0.1) is 0 Å². The third-order valence-corrected chi connectivity index (χ3v) is 3.97. The highest BCUT2D eigenvalue weighted by Gasteiger charge is 2.37. The van der Waals surface area contributed by atoms with Crippen molar-refractivity contribution in [3.8, 4) is 0 Å². The maximum absolute atomic E-state index is 11.9. The average Bonchev–Trinajstić information content (AvgIpc) is 2.37. The number of ether oxygens (including phenoxy) is 1. The van der Waals surface area contributed by atoms with Gasteiger partial charge in [-0.2, -0.15) is 0 Å². The fraction of sp³-hybridized carbons (Fsp3) is 0.692. The second kappa shape index (κ2) is 5.70. The Morgan fingerprint density at radius 1 is 1.45 bits per heavy atom. The minimum atomic E-state index is -0.481. The van der Waals surface area contributed by atoms with Crippen molar-refractivity contribution >= 4 is 11.5 Å². The van der Waals surface area contributed by atoms with Gasteiger partial charge in [-0.15, -0.1) is 0 Å². The summed E-state index contributed by atoms with van der Waals surface area (Å²) in [5.74, 6) is 0.186. The van der Waals surface area contributed by atoms with Crippen LogP contribution in [0.25, 0.3) is 0 Å². The van der Waals surface area contributed by atoms with E-state index in [1.54, 1.807) is 7.11 Å². The number of rotatable bonds is 6. The molecule has 0 atom stereocenters. The molecule has 112 valence electrons. The highest BCUT2D eigenvalue weighted by Crippen LogP contribution is 2.35. The largest absolute Gasteiger partial charge is 0.383 e. The van der Waals surface area contributed by atoms with Gasteiger partial charge in [0.25, 0.3) is 5.56 Å². The maximum Gasteiger partial charge on any atom is 0.330 e. The van der Waals surface area contributed by atoms with Gasteiger partial charge in [0, 0.05) is 20.2 Å². The van der Waals surface area contributed by atoms with Crippen LogP contribution >= 0.6 is 0 Å². The van der Waals surface area contributed by atoms with Gasteiger partial charge in [0.2, 0.25) is 0 Å². The molecule has 20 heavy (non-hydrogen) atoms. The highest BCUT2D eigenvalue weighted by molar-refractivity contribution is 5.60. The number of nitrogens with one attached hydrogen (secondary N) is 2. The predicted molar refractivity (Wildman–Crippen MR) is 78.1 cm³/mol. The minimum absolute atomic E-state index is 0.186. The van der Waals surface area contributed by atoms with E-state index in [2.05, 4.69) is 10.3 Å². The van der Waals surface area contributed by atoms with E-state index in [0.29, 0.717) is 13.1 Å². The lowest BCUT2D eigenvalue weighted by Crippen LogP contribution is -2.46. The number of methoxy groups -OCH3 is 1. The van der Waals surface area contributed by atoms with Crippen LogP contribution in [0.15, 0.2) is 9.59 Å². The summed E-state index contributed by atoms with van der Waals surface area (Å²) in [4.78, 5) is 25.9. The second-order valence-electron chi connectivity index (χ2n) is 5.27. The van der Waals surface area contributed by atoms with Gasteiger partial charge in [0.15, 0.2) is 0 Å². The first-order valence-electron chi connectivity index (χ1n) is 6.94. The molecule has 1 aromatic heterocycles. The SMILES string of the molecule is CCCn1c(N)c(NCC2(OC)CCC2)c(=O)[nH]c1=O. The van der Waals surface area contributed by atoms with Gasteiger partial charge < -0.3 is 15.8 Å². The Labute approximate surface area is 117 Å². The Kier molecular flexibility index (Phi) is 4.17. The molecule has 1 fully saturated rings. The zero-order valence-electron chi connectivity index (χ0n) is 12.0. The van der Waals surface area contributed by atoms with Crippen molar-refractivity contribution in [1.29, 1.82) is 0 Å². The number of nitrogens with two attached hydrogens (primary N) is 1. The number of H-pyrrole nitrogens is 1. The zero-order chi connectivity index (χ0) is 14.8. The average molecular weight is 282 g/mol. The molecule has 1 heterocycles. The van der Waals surface area contributed by atoms with E-state index in [-0.39, 0.29) is 17.1 Å². The van der Waals surface area contributed by atoms with Crippen LogP contribution in [0.2, 0.25) is 0 Å². The van der Waals surface area contributed by atoms with E-state index in [1.807, 2.05) is 6.92 Å². The molecule has 2 rings (SSSR count). The van der Waals surface area contributed by atoms with Crippen LogP contribution in [-0.2, 0) is 11.3 Å². The van der Waals surface area contributed by atoms with Crippen molar-refractivity contribution in [1.82, 2.24) is 9.55 Å². The number of nitrogens with zero attached hydrogens (tertiary/aromatic N) is 1. The molecule has 0 bridgehead atoms. The van der Waals surface area contributed by atoms with Crippen molar-refractivity contribution in [3.63, 3.8) is 0 Å². The smallest absolute Gasteiger partial charge is 0.330 e. The molecule has 1 aliphatic carbocycles. The van der Waals surface area contributed by atoms with Gasteiger partial charge in [0.05, 0.1) is 5.60 Å². The molecule has 0 unspecified atom stereocenters. The fourth-order valence-electron chi connectivity index (χ4n) is 2.48. The van der Waals surface area contributed by atoms with Gasteiger partial charge in [-0.1, -0.05) is 6.92 Å². The molecule has 0 spiro atoms. The summed E-state index contributed by atoms with van der Waals surface area (Å²) in [6, 6.07) is 0. The Balaban J connectivity index is 2.25. The molecule has 1 aromatic rings. The van der Waals surface area contributed by atoms with Crippen molar-refractivity contribution in [3.05, 3.63) is 20.8 Å². The molecule has 0 radical (unpaired) electrons. The Morgan fingerprint density at radius 3 is 2.65 bits per heavy atom. The fourth-order valence-corrected chi connectivity index (χ4v) is 2.48. The van der Waals surface area contributed by atoms with E-state index in [9.17, 15) is 9.59 Å². The van der Waals surface area contributed by atoms with E-state index < -0.39 is 11.2 Å². The summed E-state index contributed by atoms with van der Waals surface area (Å²) in [5.41, 5.74) is 5.03.